The van der Waals surface area contributed by atoms with Crippen molar-refractivity contribution in [1.82, 2.24) is 0 Å². The largest absolute Gasteiger partial charge is 0.309 e. The molecule has 1 nitrogen and oxygen atoms in total. The summed E-state index contributed by atoms with van der Waals surface area (Å²) in [6.07, 6.45) is 0. The monoisotopic (exact) mass is 437 g/mol. The number of hydrogen-bond donors (Lipinski definition) is 0. The van der Waals surface area contributed by atoms with Crippen LogP contribution in [0.15, 0.2) is 121 Å². The van der Waals surface area contributed by atoms with Crippen LogP contribution in [0.4, 0.5) is 17.1 Å². The molecule has 0 spiro atoms. The SMILES string of the molecule is CC(C)c1cccc2c(N(c3cccc4ccccc34)c3cccc4ccccc34)cccc12. The fourth-order valence-corrected chi connectivity index (χ4v) is 5.21. The Hall–Kier alpha value is -4.10. The van der Waals surface area contributed by atoms with E-state index in [-0.39, 0.29) is 0 Å². The zero-order valence-electron chi connectivity index (χ0n) is 19.6. The minimum Gasteiger partial charge on any atom is -0.309 e. The first-order valence-corrected chi connectivity index (χ1v) is 12.0. The summed E-state index contributed by atoms with van der Waals surface area (Å²) in [5, 5.41) is 7.57. The third-order valence-corrected chi connectivity index (χ3v) is 6.81. The number of anilines is 3. The Labute approximate surface area is 200 Å². The summed E-state index contributed by atoms with van der Waals surface area (Å²) >= 11 is 0. The molecule has 0 aliphatic heterocycles. The van der Waals surface area contributed by atoms with Gasteiger partial charge in [0.25, 0.3) is 0 Å². The Morgan fingerprint density at radius 2 is 0.824 bits per heavy atom. The molecule has 34 heavy (non-hydrogen) atoms. The lowest BCUT2D eigenvalue weighted by Gasteiger charge is -2.29. The highest BCUT2D eigenvalue weighted by Crippen LogP contribution is 2.45. The quantitative estimate of drug-likeness (QED) is 0.265. The van der Waals surface area contributed by atoms with Gasteiger partial charge < -0.3 is 4.90 Å². The Balaban J connectivity index is 1.74. The maximum Gasteiger partial charge on any atom is 0.0540 e. The molecule has 0 fully saturated rings. The van der Waals surface area contributed by atoms with Gasteiger partial charge in [0.1, 0.15) is 0 Å². The predicted octanol–water partition coefficient (Wildman–Crippen LogP) is 9.74. The summed E-state index contributed by atoms with van der Waals surface area (Å²) < 4.78 is 0. The summed E-state index contributed by atoms with van der Waals surface area (Å²) in [7, 11) is 0. The zero-order chi connectivity index (χ0) is 23.1. The van der Waals surface area contributed by atoms with Crippen molar-refractivity contribution in [3.05, 3.63) is 127 Å². The predicted molar refractivity (Wildman–Crippen MR) is 148 cm³/mol. The van der Waals surface area contributed by atoms with Crippen molar-refractivity contribution in [3.63, 3.8) is 0 Å². The Bertz CT molecular complexity index is 1550. The highest BCUT2D eigenvalue weighted by molar-refractivity contribution is 6.09. The van der Waals surface area contributed by atoms with Gasteiger partial charge in [-0.1, -0.05) is 117 Å². The molecule has 0 heterocycles. The first kappa shape index (κ1) is 20.5. The van der Waals surface area contributed by atoms with Crippen LogP contribution in [0.5, 0.6) is 0 Å². The molecule has 0 aromatic heterocycles. The third kappa shape index (κ3) is 3.33. The highest BCUT2D eigenvalue weighted by Gasteiger charge is 2.20. The van der Waals surface area contributed by atoms with Crippen LogP contribution in [0, 0.1) is 0 Å². The van der Waals surface area contributed by atoms with Gasteiger partial charge in [-0.2, -0.15) is 0 Å². The topological polar surface area (TPSA) is 3.24 Å². The van der Waals surface area contributed by atoms with E-state index < -0.39 is 0 Å². The summed E-state index contributed by atoms with van der Waals surface area (Å²) in [6, 6.07) is 44.0. The van der Waals surface area contributed by atoms with E-state index in [1.807, 2.05) is 0 Å². The van der Waals surface area contributed by atoms with Crippen molar-refractivity contribution in [3.8, 4) is 0 Å². The second-order valence-electron chi connectivity index (χ2n) is 9.21. The van der Waals surface area contributed by atoms with Crippen molar-refractivity contribution in [2.45, 2.75) is 19.8 Å². The first-order valence-electron chi connectivity index (χ1n) is 12.0. The van der Waals surface area contributed by atoms with E-state index in [1.54, 1.807) is 0 Å². The van der Waals surface area contributed by atoms with Crippen LogP contribution in [-0.2, 0) is 0 Å². The fourth-order valence-electron chi connectivity index (χ4n) is 5.21. The number of benzene rings is 6. The van der Waals surface area contributed by atoms with E-state index in [0.29, 0.717) is 5.92 Å². The molecule has 0 saturated carbocycles. The molecule has 1 heteroatoms. The molecular formula is C33H27N. The van der Waals surface area contributed by atoms with E-state index >= 15 is 0 Å². The number of nitrogens with zero attached hydrogens (tertiary/aromatic N) is 1. The van der Waals surface area contributed by atoms with E-state index in [2.05, 4.69) is 140 Å². The van der Waals surface area contributed by atoms with E-state index in [9.17, 15) is 0 Å². The minimum atomic E-state index is 0.461. The molecule has 0 unspecified atom stereocenters. The summed E-state index contributed by atoms with van der Waals surface area (Å²) in [5.41, 5.74) is 4.97. The average Bonchev–Trinajstić information content (AvgIpc) is 2.89. The molecule has 0 N–H and O–H groups in total. The van der Waals surface area contributed by atoms with Crippen molar-refractivity contribution in [2.24, 2.45) is 0 Å². The fraction of sp³-hybridized carbons (Fsp3) is 0.0909. The van der Waals surface area contributed by atoms with Gasteiger partial charge >= 0.3 is 0 Å². The van der Waals surface area contributed by atoms with Crippen LogP contribution < -0.4 is 4.90 Å². The number of fused-ring (bicyclic) bond motifs is 3. The van der Waals surface area contributed by atoms with Crippen molar-refractivity contribution < 1.29 is 0 Å². The van der Waals surface area contributed by atoms with E-state index in [1.165, 1.54) is 54.9 Å². The molecule has 164 valence electrons. The van der Waals surface area contributed by atoms with Crippen LogP contribution in [0.3, 0.4) is 0 Å². The second kappa shape index (κ2) is 8.35. The van der Waals surface area contributed by atoms with Gasteiger partial charge in [0.2, 0.25) is 0 Å². The molecule has 0 bridgehead atoms. The van der Waals surface area contributed by atoms with Gasteiger partial charge in [-0.25, -0.2) is 0 Å². The summed E-state index contributed by atoms with van der Waals surface area (Å²) in [4.78, 5) is 2.46. The van der Waals surface area contributed by atoms with Gasteiger partial charge in [-0.15, -0.1) is 0 Å². The van der Waals surface area contributed by atoms with Crippen molar-refractivity contribution in [1.29, 1.82) is 0 Å². The summed E-state index contributed by atoms with van der Waals surface area (Å²) in [6.45, 7) is 4.54. The molecule has 0 aliphatic rings. The minimum absolute atomic E-state index is 0.461. The van der Waals surface area contributed by atoms with Crippen LogP contribution in [0.1, 0.15) is 25.3 Å². The van der Waals surface area contributed by atoms with Crippen LogP contribution in [-0.4, -0.2) is 0 Å². The Morgan fingerprint density at radius 1 is 0.412 bits per heavy atom. The van der Waals surface area contributed by atoms with Gasteiger partial charge in [0, 0.05) is 16.2 Å². The molecule has 6 aromatic rings. The lowest BCUT2D eigenvalue weighted by atomic mass is 9.94. The van der Waals surface area contributed by atoms with Crippen LogP contribution in [0.2, 0.25) is 0 Å². The van der Waals surface area contributed by atoms with Crippen LogP contribution >= 0.6 is 0 Å². The average molecular weight is 438 g/mol. The normalized spacial score (nSPS) is 11.5. The summed E-state index contributed by atoms with van der Waals surface area (Å²) in [5.74, 6) is 0.461. The van der Waals surface area contributed by atoms with Gasteiger partial charge in [-0.05, 0) is 45.8 Å². The smallest absolute Gasteiger partial charge is 0.0540 e. The van der Waals surface area contributed by atoms with Crippen molar-refractivity contribution >= 4 is 49.4 Å². The highest BCUT2D eigenvalue weighted by atomic mass is 15.1. The lowest BCUT2D eigenvalue weighted by molar-refractivity contribution is 0.876. The second-order valence-corrected chi connectivity index (χ2v) is 9.21. The number of rotatable bonds is 4. The molecule has 0 atom stereocenters. The molecule has 6 aromatic carbocycles. The maximum atomic E-state index is 2.46. The van der Waals surface area contributed by atoms with Crippen molar-refractivity contribution in [2.75, 3.05) is 4.90 Å². The standard InChI is InChI=1S/C33H27N/c1-23(2)26-17-9-19-30-29(26)18-10-22-33(30)34(31-20-7-13-24-11-3-5-15-27(24)31)32-21-8-14-25-12-4-6-16-28(25)32/h3-23H,1-2H3. The molecular weight excluding hydrogens is 410 g/mol. The number of hydrogen-bond acceptors (Lipinski definition) is 1. The molecule has 0 aliphatic carbocycles. The Kier molecular flexibility index (Phi) is 5.04. The van der Waals surface area contributed by atoms with Crippen LogP contribution in [0.25, 0.3) is 32.3 Å². The van der Waals surface area contributed by atoms with Gasteiger partial charge in [-0.3, -0.25) is 0 Å². The van der Waals surface area contributed by atoms with Gasteiger partial charge in [0.15, 0.2) is 0 Å². The molecule has 0 radical (unpaired) electrons. The molecule has 0 amide bonds. The molecule has 6 rings (SSSR count). The maximum absolute atomic E-state index is 2.46. The third-order valence-electron chi connectivity index (χ3n) is 6.81. The Morgan fingerprint density at radius 3 is 1.41 bits per heavy atom. The first-order chi connectivity index (χ1) is 16.7. The lowest BCUT2D eigenvalue weighted by Crippen LogP contribution is -2.11. The van der Waals surface area contributed by atoms with Gasteiger partial charge in [0.05, 0.1) is 17.1 Å². The van der Waals surface area contributed by atoms with E-state index in [4.69, 9.17) is 0 Å². The molecule has 0 saturated heterocycles. The zero-order valence-corrected chi connectivity index (χ0v) is 19.6. The van der Waals surface area contributed by atoms with E-state index in [0.717, 1.165) is 0 Å².